The normalized spacial score (nSPS) is 24.9. The number of carbonyl (C=O) groups excluding carboxylic acids is 2. The van der Waals surface area contributed by atoms with Crippen molar-refractivity contribution in [2.75, 3.05) is 19.6 Å². The Balaban J connectivity index is 1.54. The van der Waals surface area contributed by atoms with Crippen LogP contribution in [0.4, 0.5) is 4.79 Å². The molecule has 3 amide bonds. The highest BCUT2D eigenvalue weighted by molar-refractivity contribution is 5.85. The van der Waals surface area contributed by atoms with Gasteiger partial charge in [-0.25, -0.2) is 4.79 Å². The third-order valence-electron chi connectivity index (χ3n) is 5.59. The zero-order valence-electron chi connectivity index (χ0n) is 14.4. The number of benzene rings is 1. The summed E-state index contributed by atoms with van der Waals surface area (Å²) in [4.78, 5) is 25.8. The van der Waals surface area contributed by atoms with E-state index in [1.807, 2.05) is 24.3 Å². The highest BCUT2D eigenvalue weighted by Crippen LogP contribution is 2.46. The zero-order chi connectivity index (χ0) is 17.3. The van der Waals surface area contributed by atoms with Gasteiger partial charge in [-0.1, -0.05) is 24.6 Å². The Hall–Kier alpha value is -2.24. The van der Waals surface area contributed by atoms with Gasteiger partial charge in [0.2, 0.25) is 5.91 Å². The van der Waals surface area contributed by atoms with Crippen LogP contribution in [0.2, 0.25) is 0 Å². The molecule has 1 aromatic carbocycles. The first-order valence-electron chi connectivity index (χ1n) is 9.25. The topological polar surface area (TPSA) is 70.7 Å². The monoisotopic (exact) mass is 343 g/mol. The number of urea groups is 1. The molecule has 1 atom stereocenters. The molecule has 0 bridgehead atoms. The molecule has 0 unspecified atom stereocenters. The first kappa shape index (κ1) is 16.2. The van der Waals surface area contributed by atoms with Crippen molar-refractivity contribution < 1.29 is 14.3 Å². The largest absolute Gasteiger partial charge is 0.487 e. The molecular formula is C19H25N3O3. The summed E-state index contributed by atoms with van der Waals surface area (Å²) in [6, 6.07) is 7.75. The maximum absolute atomic E-state index is 12.7. The molecule has 4 rings (SSSR count). The van der Waals surface area contributed by atoms with Gasteiger partial charge in [-0.3, -0.25) is 4.79 Å². The van der Waals surface area contributed by atoms with Crippen molar-refractivity contribution in [3.63, 3.8) is 0 Å². The van der Waals surface area contributed by atoms with Gasteiger partial charge in [-0.2, -0.15) is 0 Å². The molecule has 2 aliphatic heterocycles. The molecule has 1 aliphatic carbocycles. The van der Waals surface area contributed by atoms with E-state index in [-0.39, 0.29) is 30.1 Å². The van der Waals surface area contributed by atoms with Crippen LogP contribution in [-0.2, 0) is 4.79 Å². The van der Waals surface area contributed by atoms with Crippen LogP contribution in [0, 0.1) is 0 Å². The fourth-order valence-corrected chi connectivity index (χ4v) is 4.30. The molecule has 1 saturated heterocycles. The molecule has 3 aliphatic rings. The third-order valence-corrected chi connectivity index (χ3v) is 5.59. The van der Waals surface area contributed by atoms with Crippen molar-refractivity contribution in [2.24, 2.45) is 0 Å². The van der Waals surface area contributed by atoms with Crippen molar-refractivity contribution in [2.45, 2.75) is 50.2 Å². The molecule has 0 radical (unpaired) electrons. The minimum absolute atomic E-state index is 0.0689. The lowest BCUT2D eigenvalue weighted by molar-refractivity contribution is -0.123. The second kappa shape index (κ2) is 6.58. The van der Waals surface area contributed by atoms with Crippen LogP contribution in [-0.4, -0.2) is 42.1 Å². The number of piperazine rings is 1. The van der Waals surface area contributed by atoms with Crippen molar-refractivity contribution in [1.29, 1.82) is 0 Å². The van der Waals surface area contributed by atoms with Gasteiger partial charge in [0, 0.05) is 25.1 Å². The van der Waals surface area contributed by atoms with E-state index < -0.39 is 0 Å². The number of nitrogens with zero attached hydrogens (tertiary/aromatic N) is 1. The summed E-state index contributed by atoms with van der Waals surface area (Å²) in [6.45, 7) is 1.19. The smallest absolute Gasteiger partial charge is 0.318 e. The van der Waals surface area contributed by atoms with Crippen LogP contribution >= 0.6 is 0 Å². The second-order valence-electron chi connectivity index (χ2n) is 7.36. The summed E-state index contributed by atoms with van der Waals surface area (Å²) >= 11 is 0. The van der Waals surface area contributed by atoms with Gasteiger partial charge in [0.05, 0.1) is 6.04 Å². The number of carbonyl (C=O) groups is 2. The number of ether oxygens (including phenoxy) is 1. The molecular weight excluding hydrogens is 318 g/mol. The van der Waals surface area contributed by atoms with Crippen LogP contribution in [0.5, 0.6) is 5.75 Å². The number of fused-ring (bicyclic) bond motifs is 1. The third kappa shape index (κ3) is 3.30. The lowest BCUT2D eigenvalue weighted by Gasteiger charge is -2.45. The lowest BCUT2D eigenvalue weighted by Crippen LogP contribution is -2.54. The molecule has 25 heavy (non-hydrogen) atoms. The second-order valence-corrected chi connectivity index (χ2v) is 7.36. The van der Waals surface area contributed by atoms with Gasteiger partial charge >= 0.3 is 6.03 Å². The Morgan fingerprint density at radius 3 is 2.84 bits per heavy atom. The summed E-state index contributed by atoms with van der Waals surface area (Å²) in [5.74, 6) is 0.787. The van der Waals surface area contributed by atoms with Gasteiger partial charge in [-0.15, -0.1) is 0 Å². The van der Waals surface area contributed by atoms with Crippen LogP contribution in [0.15, 0.2) is 24.3 Å². The fraction of sp³-hybridized carbons (Fsp3) is 0.579. The number of rotatable bonds is 1. The summed E-state index contributed by atoms with van der Waals surface area (Å²) in [5, 5.41) is 5.92. The van der Waals surface area contributed by atoms with E-state index in [1.165, 1.54) is 19.3 Å². The molecule has 6 nitrogen and oxygen atoms in total. The molecule has 134 valence electrons. The Bertz CT molecular complexity index is 670. The first-order valence-corrected chi connectivity index (χ1v) is 9.25. The van der Waals surface area contributed by atoms with Crippen molar-refractivity contribution in [3.8, 4) is 5.75 Å². The van der Waals surface area contributed by atoms with E-state index in [0.29, 0.717) is 13.1 Å². The summed E-state index contributed by atoms with van der Waals surface area (Å²) in [7, 11) is 0. The van der Waals surface area contributed by atoms with E-state index in [2.05, 4.69) is 10.6 Å². The Labute approximate surface area is 147 Å². The minimum atomic E-state index is -0.164. The first-order chi connectivity index (χ1) is 12.2. The molecule has 0 aromatic heterocycles. The van der Waals surface area contributed by atoms with Crippen molar-refractivity contribution in [1.82, 2.24) is 15.5 Å². The van der Waals surface area contributed by atoms with E-state index in [4.69, 9.17) is 4.74 Å². The predicted molar refractivity (Wildman–Crippen MR) is 93.4 cm³/mol. The number of para-hydroxylation sites is 1. The summed E-state index contributed by atoms with van der Waals surface area (Å²) < 4.78 is 6.41. The van der Waals surface area contributed by atoms with E-state index in [9.17, 15) is 9.59 Å². The molecule has 2 fully saturated rings. The number of amides is 3. The predicted octanol–water partition coefficient (Wildman–Crippen LogP) is 2.35. The SMILES string of the molecule is O=C1CN(C(=O)N[C@@H]2CC3(CCCCC3)Oc3ccccc32)CCN1. The molecule has 6 heteroatoms. The van der Waals surface area contributed by atoms with E-state index >= 15 is 0 Å². The summed E-state index contributed by atoms with van der Waals surface area (Å²) in [6.07, 6.45) is 6.49. The van der Waals surface area contributed by atoms with E-state index in [0.717, 1.165) is 30.6 Å². The quantitative estimate of drug-likeness (QED) is 0.822. The van der Waals surface area contributed by atoms with Crippen LogP contribution in [0.3, 0.4) is 0 Å². The van der Waals surface area contributed by atoms with Gasteiger partial charge in [0.25, 0.3) is 0 Å². The Kier molecular flexibility index (Phi) is 4.27. The zero-order valence-corrected chi connectivity index (χ0v) is 14.4. The van der Waals surface area contributed by atoms with Crippen LogP contribution < -0.4 is 15.4 Å². The van der Waals surface area contributed by atoms with Gasteiger partial charge in [-0.05, 0) is 31.7 Å². The number of nitrogens with one attached hydrogen (secondary N) is 2. The molecule has 2 N–H and O–H groups in total. The molecule has 1 spiro atoms. The number of hydrogen-bond acceptors (Lipinski definition) is 3. The Morgan fingerprint density at radius 1 is 1.24 bits per heavy atom. The average Bonchev–Trinajstić information content (AvgIpc) is 2.62. The maximum atomic E-state index is 12.7. The van der Waals surface area contributed by atoms with Gasteiger partial charge in [0.1, 0.15) is 17.9 Å². The highest BCUT2D eigenvalue weighted by Gasteiger charge is 2.42. The standard InChI is InChI=1S/C19H25N3O3/c23-17-13-22(11-10-20-17)18(24)21-15-12-19(8-4-1-5-9-19)25-16-7-3-2-6-14(15)16/h2-3,6-7,15H,1,4-5,8-13H2,(H,20,23)(H,21,24)/t15-/m1/s1. The van der Waals surface area contributed by atoms with Crippen LogP contribution in [0.25, 0.3) is 0 Å². The summed E-state index contributed by atoms with van der Waals surface area (Å²) in [5.41, 5.74) is 0.873. The minimum Gasteiger partial charge on any atom is -0.487 e. The van der Waals surface area contributed by atoms with E-state index in [1.54, 1.807) is 4.90 Å². The highest BCUT2D eigenvalue weighted by atomic mass is 16.5. The molecule has 2 heterocycles. The molecule has 1 saturated carbocycles. The van der Waals surface area contributed by atoms with Crippen molar-refractivity contribution in [3.05, 3.63) is 29.8 Å². The molecule has 1 aromatic rings. The number of hydrogen-bond donors (Lipinski definition) is 2. The Morgan fingerprint density at radius 2 is 2.04 bits per heavy atom. The van der Waals surface area contributed by atoms with Gasteiger partial charge in [0.15, 0.2) is 0 Å². The lowest BCUT2D eigenvalue weighted by atomic mass is 9.77. The fourth-order valence-electron chi connectivity index (χ4n) is 4.30. The van der Waals surface area contributed by atoms with Crippen molar-refractivity contribution >= 4 is 11.9 Å². The van der Waals surface area contributed by atoms with Crippen LogP contribution in [0.1, 0.15) is 50.1 Å². The van der Waals surface area contributed by atoms with Gasteiger partial charge < -0.3 is 20.3 Å². The maximum Gasteiger partial charge on any atom is 0.318 e. The average molecular weight is 343 g/mol.